The van der Waals surface area contributed by atoms with Crippen molar-refractivity contribution in [3.8, 4) is 0 Å². The molecule has 0 spiro atoms. The first-order chi connectivity index (χ1) is 9.04. The van der Waals surface area contributed by atoms with Crippen molar-refractivity contribution < 1.29 is 4.92 Å². The van der Waals surface area contributed by atoms with Gasteiger partial charge in [-0.05, 0) is 30.7 Å². The van der Waals surface area contributed by atoms with E-state index in [4.69, 9.17) is 11.6 Å². The number of halogens is 1. The fourth-order valence-electron chi connectivity index (χ4n) is 1.99. The van der Waals surface area contributed by atoms with Crippen LogP contribution >= 0.6 is 23.4 Å². The molecule has 0 saturated carbocycles. The van der Waals surface area contributed by atoms with Gasteiger partial charge in [0.15, 0.2) is 0 Å². The lowest BCUT2D eigenvalue weighted by Gasteiger charge is -2.21. The largest absolute Gasteiger partial charge is 0.348 e. The van der Waals surface area contributed by atoms with Gasteiger partial charge in [-0.3, -0.25) is 10.1 Å². The van der Waals surface area contributed by atoms with Gasteiger partial charge in [-0.15, -0.1) is 0 Å². The first kappa shape index (κ1) is 12.3. The first-order valence-corrected chi connectivity index (χ1v) is 6.77. The summed E-state index contributed by atoms with van der Waals surface area (Å²) in [7, 11) is 0. The van der Waals surface area contributed by atoms with E-state index < -0.39 is 4.92 Å². The van der Waals surface area contributed by atoms with Gasteiger partial charge in [-0.2, -0.15) is 0 Å². The molecule has 2 aromatic carbocycles. The van der Waals surface area contributed by atoms with E-state index in [9.17, 15) is 10.1 Å². The summed E-state index contributed by atoms with van der Waals surface area (Å²) >= 11 is 7.43. The Morgan fingerprint density at radius 3 is 2.79 bits per heavy atom. The average molecular weight is 293 g/mol. The zero-order valence-corrected chi connectivity index (χ0v) is 11.5. The van der Waals surface area contributed by atoms with Crippen molar-refractivity contribution in [1.82, 2.24) is 0 Å². The van der Waals surface area contributed by atoms with Crippen molar-refractivity contribution in [1.29, 1.82) is 0 Å². The van der Waals surface area contributed by atoms with Crippen LogP contribution in [0.25, 0.3) is 0 Å². The molecule has 0 amide bonds. The first-order valence-electron chi connectivity index (χ1n) is 5.58. The van der Waals surface area contributed by atoms with Gasteiger partial charge in [-0.1, -0.05) is 29.4 Å². The number of hydrogen-bond acceptors (Lipinski definition) is 4. The monoisotopic (exact) mass is 292 g/mol. The summed E-state index contributed by atoms with van der Waals surface area (Å²) in [5, 5.41) is 14.6. The van der Waals surface area contributed by atoms with Crippen molar-refractivity contribution in [2.75, 3.05) is 5.32 Å². The molecule has 0 saturated heterocycles. The summed E-state index contributed by atoms with van der Waals surface area (Å²) in [5.74, 6) is 0. The molecule has 1 heterocycles. The van der Waals surface area contributed by atoms with E-state index in [1.165, 1.54) is 17.8 Å². The maximum atomic E-state index is 11.1. The molecule has 4 nitrogen and oxygen atoms in total. The van der Waals surface area contributed by atoms with Crippen LogP contribution < -0.4 is 5.32 Å². The molecule has 3 rings (SSSR count). The van der Waals surface area contributed by atoms with Crippen LogP contribution in [0.4, 0.5) is 17.1 Å². The quantitative estimate of drug-likeness (QED) is 0.519. The normalized spacial score (nSPS) is 12.3. The zero-order chi connectivity index (χ0) is 13.6. The van der Waals surface area contributed by atoms with Crippen molar-refractivity contribution in [3.05, 3.63) is 51.0 Å². The van der Waals surface area contributed by atoms with Gasteiger partial charge in [0.1, 0.15) is 5.69 Å². The zero-order valence-electron chi connectivity index (χ0n) is 9.94. The highest BCUT2D eigenvalue weighted by Crippen LogP contribution is 2.49. The number of aryl methyl sites for hydroxylation is 1. The number of nitro benzene ring substituents is 1. The van der Waals surface area contributed by atoms with Gasteiger partial charge in [0.25, 0.3) is 5.69 Å². The highest BCUT2D eigenvalue weighted by molar-refractivity contribution is 7.99. The third-order valence-corrected chi connectivity index (χ3v) is 4.18. The maximum absolute atomic E-state index is 11.1. The average Bonchev–Trinajstić information content (AvgIpc) is 2.35. The molecule has 19 heavy (non-hydrogen) atoms. The summed E-state index contributed by atoms with van der Waals surface area (Å²) < 4.78 is 0. The third-order valence-electron chi connectivity index (χ3n) is 2.86. The molecule has 96 valence electrons. The van der Waals surface area contributed by atoms with Gasteiger partial charge in [0, 0.05) is 20.9 Å². The smallest absolute Gasteiger partial charge is 0.295 e. The van der Waals surface area contributed by atoms with Crippen LogP contribution in [0.1, 0.15) is 5.56 Å². The molecule has 0 atom stereocenters. The summed E-state index contributed by atoms with van der Waals surface area (Å²) in [6.45, 7) is 2.01. The molecule has 1 N–H and O–H groups in total. The van der Waals surface area contributed by atoms with Crippen molar-refractivity contribution in [3.63, 3.8) is 0 Å². The minimum Gasteiger partial charge on any atom is -0.348 e. The van der Waals surface area contributed by atoms with E-state index in [2.05, 4.69) is 5.32 Å². The molecular formula is C13H9ClN2O2S. The highest BCUT2D eigenvalue weighted by Gasteiger charge is 2.25. The van der Waals surface area contributed by atoms with Gasteiger partial charge >= 0.3 is 0 Å². The highest BCUT2D eigenvalue weighted by atomic mass is 35.5. The number of anilines is 2. The SMILES string of the molecule is Cc1ccc2c(c1)Sc1cc(Cl)cc([N+](=O)[O-])c1N2. The Labute approximate surface area is 118 Å². The van der Waals surface area contributed by atoms with Crippen LogP contribution in [-0.2, 0) is 0 Å². The Balaban J connectivity index is 2.16. The Bertz CT molecular complexity index is 703. The lowest BCUT2D eigenvalue weighted by molar-refractivity contribution is -0.384. The van der Waals surface area contributed by atoms with E-state index in [0.717, 1.165) is 21.0 Å². The van der Waals surface area contributed by atoms with Gasteiger partial charge in [0.05, 0.1) is 10.6 Å². The van der Waals surface area contributed by atoms with Gasteiger partial charge < -0.3 is 5.32 Å². The molecule has 6 heteroatoms. The van der Waals surface area contributed by atoms with Crippen LogP contribution in [0.5, 0.6) is 0 Å². The minimum absolute atomic E-state index is 0.00113. The second-order valence-electron chi connectivity index (χ2n) is 4.28. The molecule has 0 aromatic heterocycles. The Hall–Kier alpha value is -1.72. The minimum atomic E-state index is -0.419. The van der Waals surface area contributed by atoms with Crippen molar-refractivity contribution >= 4 is 40.4 Å². The molecule has 1 aliphatic heterocycles. The van der Waals surface area contributed by atoms with Crippen LogP contribution in [-0.4, -0.2) is 4.92 Å². The number of nitro groups is 1. The Kier molecular flexibility index (Phi) is 2.88. The number of nitrogens with zero attached hydrogens (tertiary/aromatic N) is 1. The van der Waals surface area contributed by atoms with E-state index in [1.807, 2.05) is 25.1 Å². The van der Waals surface area contributed by atoms with Crippen LogP contribution in [0.2, 0.25) is 5.02 Å². The molecule has 0 bridgehead atoms. The predicted octanol–water partition coefficient (Wildman–Crippen LogP) is 4.76. The van der Waals surface area contributed by atoms with Gasteiger partial charge in [0.2, 0.25) is 0 Å². The predicted molar refractivity (Wildman–Crippen MR) is 76.7 cm³/mol. The number of fused-ring (bicyclic) bond motifs is 2. The number of rotatable bonds is 1. The van der Waals surface area contributed by atoms with E-state index in [-0.39, 0.29) is 5.69 Å². The third kappa shape index (κ3) is 2.15. The fraction of sp³-hybridized carbons (Fsp3) is 0.0769. The summed E-state index contributed by atoms with van der Waals surface area (Å²) in [6.07, 6.45) is 0. The lowest BCUT2D eigenvalue weighted by atomic mass is 10.2. The summed E-state index contributed by atoms with van der Waals surface area (Å²) in [6, 6.07) is 9.06. The van der Waals surface area contributed by atoms with E-state index in [0.29, 0.717) is 10.7 Å². The number of benzene rings is 2. The second kappa shape index (κ2) is 4.43. The molecule has 1 aliphatic rings. The van der Waals surface area contributed by atoms with Crippen LogP contribution in [0, 0.1) is 17.0 Å². The topological polar surface area (TPSA) is 55.2 Å². The van der Waals surface area contributed by atoms with Crippen molar-refractivity contribution in [2.24, 2.45) is 0 Å². The molecular weight excluding hydrogens is 284 g/mol. The number of hydrogen-bond donors (Lipinski definition) is 1. The van der Waals surface area contributed by atoms with Crippen molar-refractivity contribution in [2.45, 2.75) is 16.7 Å². The van der Waals surface area contributed by atoms with E-state index >= 15 is 0 Å². The van der Waals surface area contributed by atoms with E-state index in [1.54, 1.807) is 6.07 Å². The second-order valence-corrected chi connectivity index (χ2v) is 5.80. The van der Waals surface area contributed by atoms with Crippen LogP contribution in [0.3, 0.4) is 0 Å². The maximum Gasteiger partial charge on any atom is 0.295 e. The molecule has 0 fully saturated rings. The number of nitrogens with one attached hydrogen (secondary N) is 1. The standard InChI is InChI=1S/C13H9ClN2O2S/c1-7-2-3-9-11(4-7)19-12-6-8(14)5-10(16(17)18)13(12)15-9/h2-6,15H,1H3. The molecule has 0 unspecified atom stereocenters. The molecule has 2 aromatic rings. The Morgan fingerprint density at radius 1 is 1.26 bits per heavy atom. The molecule has 0 aliphatic carbocycles. The molecule has 0 radical (unpaired) electrons. The fourth-order valence-corrected chi connectivity index (χ4v) is 3.42. The Morgan fingerprint density at radius 2 is 2.05 bits per heavy atom. The summed E-state index contributed by atoms with van der Waals surface area (Å²) in [5.41, 5.74) is 2.54. The summed E-state index contributed by atoms with van der Waals surface area (Å²) in [4.78, 5) is 12.5. The van der Waals surface area contributed by atoms with Gasteiger partial charge in [-0.25, -0.2) is 0 Å². The van der Waals surface area contributed by atoms with Crippen LogP contribution in [0.15, 0.2) is 40.1 Å². The lowest BCUT2D eigenvalue weighted by Crippen LogP contribution is -2.03.